The number of ether oxygens (including phenoxy) is 1. The van der Waals surface area contributed by atoms with E-state index in [0.717, 1.165) is 44.8 Å². The fourth-order valence-corrected chi connectivity index (χ4v) is 4.40. The summed E-state index contributed by atoms with van der Waals surface area (Å²) in [7, 11) is 1.74. The highest BCUT2D eigenvalue weighted by molar-refractivity contribution is 5.94. The molecular formula is C20H25N5O2. The molecule has 1 amide bonds. The third-order valence-corrected chi connectivity index (χ3v) is 5.82. The van der Waals surface area contributed by atoms with Gasteiger partial charge in [0, 0.05) is 57.1 Å². The van der Waals surface area contributed by atoms with Crippen molar-refractivity contribution in [2.75, 3.05) is 38.3 Å². The SMILES string of the molecule is COC[C@@H]1CC2(CCN(C(=O)c3ccncc3)CC2)CN1c1ncccn1. The normalized spacial score (nSPS) is 21.6. The number of anilines is 1. The smallest absolute Gasteiger partial charge is 0.253 e. The molecule has 7 nitrogen and oxygen atoms in total. The molecule has 2 aliphatic heterocycles. The molecule has 0 radical (unpaired) electrons. The van der Waals surface area contributed by atoms with E-state index in [1.165, 1.54) is 0 Å². The lowest BCUT2D eigenvalue weighted by molar-refractivity contribution is 0.0598. The van der Waals surface area contributed by atoms with Crippen LogP contribution in [0.2, 0.25) is 0 Å². The predicted molar refractivity (Wildman–Crippen MR) is 101 cm³/mol. The zero-order valence-electron chi connectivity index (χ0n) is 15.6. The number of carbonyl (C=O) groups is 1. The molecule has 0 aromatic carbocycles. The van der Waals surface area contributed by atoms with Crippen molar-refractivity contribution in [3.8, 4) is 0 Å². The molecule has 2 saturated heterocycles. The van der Waals surface area contributed by atoms with Crippen molar-refractivity contribution in [1.82, 2.24) is 19.9 Å². The van der Waals surface area contributed by atoms with E-state index < -0.39 is 0 Å². The van der Waals surface area contributed by atoms with Crippen LogP contribution in [0.4, 0.5) is 5.95 Å². The van der Waals surface area contributed by atoms with Crippen LogP contribution < -0.4 is 4.90 Å². The Kier molecular flexibility index (Phi) is 5.03. The molecule has 1 spiro atoms. The molecule has 0 saturated carbocycles. The topological polar surface area (TPSA) is 71.5 Å². The van der Waals surface area contributed by atoms with Crippen molar-refractivity contribution in [2.45, 2.75) is 25.3 Å². The van der Waals surface area contributed by atoms with E-state index in [-0.39, 0.29) is 17.4 Å². The second-order valence-corrected chi connectivity index (χ2v) is 7.52. The van der Waals surface area contributed by atoms with Crippen LogP contribution in [0.3, 0.4) is 0 Å². The summed E-state index contributed by atoms with van der Waals surface area (Å²) < 4.78 is 5.46. The van der Waals surface area contributed by atoms with E-state index >= 15 is 0 Å². The minimum atomic E-state index is 0.0990. The number of aromatic nitrogens is 3. The zero-order valence-corrected chi connectivity index (χ0v) is 15.6. The van der Waals surface area contributed by atoms with Crippen LogP contribution in [0.1, 0.15) is 29.6 Å². The van der Waals surface area contributed by atoms with Gasteiger partial charge in [0.25, 0.3) is 5.91 Å². The summed E-state index contributed by atoms with van der Waals surface area (Å²) in [4.78, 5) is 29.8. The Morgan fingerprint density at radius 3 is 2.56 bits per heavy atom. The van der Waals surface area contributed by atoms with Crippen molar-refractivity contribution in [1.29, 1.82) is 0 Å². The molecular weight excluding hydrogens is 342 g/mol. The van der Waals surface area contributed by atoms with Crippen molar-refractivity contribution >= 4 is 11.9 Å². The number of methoxy groups -OCH3 is 1. The van der Waals surface area contributed by atoms with Gasteiger partial charge in [0.2, 0.25) is 5.95 Å². The lowest BCUT2D eigenvalue weighted by Gasteiger charge is -2.39. The summed E-state index contributed by atoms with van der Waals surface area (Å²) >= 11 is 0. The summed E-state index contributed by atoms with van der Waals surface area (Å²) in [6, 6.07) is 5.68. The Morgan fingerprint density at radius 1 is 1.19 bits per heavy atom. The molecule has 7 heteroatoms. The van der Waals surface area contributed by atoms with Crippen LogP contribution >= 0.6 is 0 Å². The number of likely N-dealkylation sites (tertiary alicyclic amines) is 1. The van der Waals surface area contributed by atoms with Crippen molar-refractivity contribution in [3.63, 3.8) is 0 Å². The van der Waals surface area contributed by atoms with Gasteiger partial charge in [0.15, 0.2) is 0 Å². The van der Waals surface area contributed by atoms with E-state index in [4.69, 9.17) is 4.74 Å². The quantitative estimate of drug-likeness (QED) is 0.823. The highest BCUT2D eigenvalue weighted by atomic mass is 16.5. The average Bonchev–Trinajstić information content (AvgIpc) is 3.07. The fourth-order valence-electron chi connectivity index (χ4n) is 4.40. The largest absolute Gasteiger partial charge is 0.383 e. The van der Waals surface area contributed by atoms with Gasteiger partial charge in [0.05, 0.1) is 12.6 Å². The first kappa shape index (κ1) is 17.9. The minimum absolute atomic E-state index is 0.0990. The Hall–Kier alpha value is -2.54. The Labute approximate surface area is 159 Å². The van der Waals surface area contributed by atoms with Crippen molar-refractivity contribution < 1.29 is 9.53 Å². The maximum absolute atomic E-state index is 12.7. The number of carbonyl (C=O) groups excluding carboxylic acids is 1. The third-order valence-electron chi connectivity index (χ3n) is 5.82. The van der Waals surface area contributed by atoms with Crippen LogP contribution in [0.5, 0.6) is 0 Å². The number of hydrogen-bond donors (Lipinski definition) is 0. The van der Waals surface area contributed by atoms with Gasteiger partial charge in [-0.1, -0.05) is 0 Å². The monoisotopic (exact) mass is 367 g/mol. The van der Waals surface area contributed by atoms with Gasteiger partial charge in [-0.05, 0) is 42.9 Å². The molecule has 0 bridgehead atoms. The molecule has 2 aromatic rings. The van der Waals surface area contributed by atoms with Gasteiger partial charge in [-0.25, -0.2) is 9.97 Å². The summed E-state index contributed by atoms with van der Waals surface area (Å²) in [5.41, 5.74) is 0.904. The molecule has 4 rings (SSSR count). The Morgan fingerprint density at radius 2 is 1.89 bits per heavy atom. The van der Waals surface area contributed by atoms with Gasteiger partial charge >= 0.3 is 0 Å². The lowest BCUT2D eigenvalue weighted by Crippen LogP contribution is -2.44. The molecule has 1 atom stereocenters. The van der Waals surface area contributed by atoms with Gasteiger partial charge < -0.3 is 14.5 Å². The Bertz CT molecular complexity index is 762. The lowest BCUT2D eigenvalue weighted by atomic mass is 9.76. The number of rotatable bonds is 4. The van der Waals surface area contributed by atoms with E-state index in [9.17, 15) is 4.79 Å². The summed E-state index contributed by atoms with van der Waals surface area (Å²) in [5.74, 6) is 0.869. The summed E-state index contributed by atoms with van der Waals surface area (Å²) in [6.45, 7) is 3.15. The predicted octanol–water partition coefficient (Wildman–Crippen LogP) is 2.02. The molecule has 2 aliphatic rings. The number of hydrogen-bond acceptors (Lipinski definition) is 6. The molecule has 2 aromatic heterocycles. The van der Waals surface area contributed by atoms with Crippen LogP contribution in [0, 0.1) is 5.41 Å². The summed E-state index contributed by atoms with van der Waals surface area (Å²) in [5, 5.41) is 0. The molecule has 142 valence electrons. The third kappa shape index (κ3) is 3.64. The standard InChI is InChI=1S/C20H25N5O2/c1-27-14-17-13-20(15-25(17)19-22-7-2-8-23-19)5-11-24(12-6-20)18(26)16-3-9-21-10-4-16/h2-4,7-10,17H,5-6,11-15H2,1H3/t17-/m0/s1. The first-order valence-electron chi connectivity index (χ1n) is 9.43. The second-order valence-electron chi connectivity index (χ2n) is 7.52. The molecule has 0 N–H and O–H groups in total. The van der Waals surface area contributed by atoms with Gasteiger partial charge in [0.1, 0.15) is 0 Å². The van der Waals surface area contributed by atoms with E-state index in [2.05, 4.69) is 19.9 Å². The number of pyridine rings is 1. The van der Waals surface area contributed by atoms with Gasteiger partial charge in [-0.3, -0.25) is 9.78 Å². The highest BCUT2D eigenvalue weighted by Crippen LogP contribution is 2.44. The first-order chi connectivity index (χ1) is 13.2. The maximum Gasteiger partial charge on any atom is 0.253 e. The first-order valence-corrected chi connectivity index (χ1v) is 9.43. The van der Waals surface area contributed by atoms with Gasteiger partial charge in [-0.15, -0.1) is 0 Å². The molecule has 0 unspecified atom stereocenters. The Balaban J connectivity index is 1.45. The zero-order chi connectivity index (χ0) is 18.7. The van der Waals surface area contributed by atoms with Crippen LogP contribution in [-0.4, -0.2) is 65.2 Å². The number of piperidine rings is 1. The molecule has 2 fully saturated rings. The highest BCUT2D eigenvalue weighted by Gasteiger charge is 2.46. The van der Waals surface area contributed by atoms with Crippen molar-refractivity contribution in [3.05, 3.63) is 48.5 Å². The minimum Gasteiger partial charge on any atom is -0.383 e. The number of nitrogens with zero attached hydrogens (tertiary/aromatic N) is 5. The molecule has 27 heavy (non-hydrogen) atoms. The van der Waals surface area contributed by atoms with Crippen LogP contribution in [0.15, 0.2) is 43.0 Å². The molecule has 4 heterocycles. The second kappa shape index (κ2) is 7.60. The fraction of sp³-hybridized carbons (Fsp3) is 0.500. The maximum atomic E-state index is 12.7. The van der Waals surface area contributed by atoms with Crippen molar-refractivity contribution in [2.24, 2.45) is 5.41 Å². The average molecular weight is 367 g/mol. The van der Waals surface area contributed by atoms with Gasteiger partial charge in [-0.2, -0.15) is 0 Å². The summed E-state index contributed by atoms with van der Waals surface area (Å²) in [6.07, 6.45) is 9.95. The van der Waals surface area contributed by atoms with Crippen LogP contribution in [0.25, 0.3) is 0 Å². The van der Waals surface area contributed by atoms with E-state index in [0.29, 0.717) is 12.2 Å². The van der Waals surface area contributed by atoms with E-state index in [1.54, 1.807) is 44.0 Å². The number of amides is 1. The van der Waals surface area contributed by atoms with E-state index in [1.807, 2.05) is 11.0 Å². The molecule has 0 aliphatic carbocycles. The van der Waals surface area contributed by atoms with Crippen LogP contribution in [-0.2, 0) is 4.74 Å².